The van der Waals surface area contributed by atoms with Gasteiger partial charge in [0, 0.05) is 22.2 Å². The van der Waals surface area contributed by atoms with Gasteiger partial charge in [-0.1, -0.05) is 24.9 Å². The van der Waals surface area contributed by atoms with Gasteiger partial charge in [0.15, 0.2) is 0 Å². The number of nitro groups is 1. The molecule has 0 aliphatic rings. The summed E-state index contributed by atoms with van der Waals surface area (Å²) >= 11 is 5.86. The van der Waals surface area contributed by atoms with Gasteiger partial charge in [0.2, 0.25) is 0 Å². The minimum atomic E-state index is -0.408. The van der Waals surface area contributed by atoms with Crippen LogP contribution < -0.4 is 0 Å². The number of nitro benzene ring substituents is 1. The van der Waals surface area contributed by atoms with Crippen LogP contribution in [0.5, 0.6) is 0 Å². The molecule has 1 aromatic heterocycles. The topological polar surface area (TPSA) is 58.9 Å². The lowest BCUT2D eigenvalue weighted by atomic mass is 10.2. The number of H-pyrrole nitrogens is 1. The maximum Gasteiger partial charge on any atom is 0.294 e. The van der Waals surface area contributed by atoms with E-state index in [0.29, 0.717) is 10.5 Å². The Kier molecular flexibility index (Phi) is 3.33. The molecule has 1 aromatic carbocycles. The molecule has 0 bridgehead atoms. The Labute approximate surface area is 104 Å². The molecular formula is C12H13ClN2O2. The van der Waals surface area contributed by atoms with Gasteiger partial charge in [-0.3, -0.25) is 10.1 Å². The van der Waals surface area contributed by atoms with E-state index in [9.17, 15) is 10.1 Å². The predicted octanol–water partition coefficient (Wildman–Crippen LogP) is 4.07. The van der Waals surface area contributed by atoms with E-state index in [1.807, 2.05) is 6.07 Å². The van der Waals surface area contributed by atoms with Gasteiger partial charge in [0.1, 0.15) is 5.52 Å². The summed E-state index contributed by atoms with van der Waals surface area (Å²) in [6, 6.07) is 5.06. The third kappa shape index (κ3) is 2.42. The van der Waals surface area contributed by atoms with Crippen LogP contribution in [0.15, 0.2) is 18.2 Å². The minimum Gasteiger partial charge on any atom is -0.353 e. The first-order valence-corrected chi connectivity index (χ1v) is 5.95. The average Bonchev–Trinajstić information content (AvgIpc) is 2.67. The van der Waals surface area contributed by atoms with Gasteiger partial charge < -0.3 is 4.98 Å². The smallest absolute Gasteiger partial charge is 0.294 e. The van der Waals surface area contributed by atoms with E-state index < -0.39 is 4.92 Å². The molecule has 0 atom stereocenters. The molecule has 0 spiro atoms. The summed E-state index contributed by atoms with van der Waals surface area (Å²) < 4.78 is 0. The van der Waals surface area contributed by atoms with Crippen molar-refractivity contribution in [2.45, 2.75) is 26.2 Å². The number of nitrogens with zero attached hydrogens (tertiary/aromatic N) is 1. The van der Waals surface area contributed by atoms with E-state index in [1.165, 1.54) is 6.07 Å². The third-order valence-corrected chi connectivity index (χ3v) is 2.94. The third-order valence-electron chi connectivity index (χ3n) is 2.72. The van der Waals surface area contributed by atoms with Gasteiger partial charge in [-0.25, -0.2) is 0 Å². The molecule has 0 saturated heterocycles. The van der Waals surface area contributed by atoms with Crippen LogP contribution in [0, 0.1) is 10.1 Å². The lowest BCUT2D eigenvalue weighted by molar-refractivity contribution is -0.383. The van der Waals surface area contributed by atoms with E-state index in [2.05, 4.69) is 11.9 Å². The van der Waals surface area contributed by atoms with Crippen molar-refractivity contribution in [3.63, 3.8) is 0 Å². The van der Waals surface area contributed by atoms with E-state index in [0.717, 1.165) is 30.3 Å². The number of benzene rings is 1. The quantitative estimate of drug-likeness (QED) is 0.659. The molecule has 90 valence electrons. The van der Waals surface area contributed by atoms with E-state index in [4.69, 9.17) is 11.6 Å². The number of fused-ring (bicyclic) bond motifs is 1. The Morgan fingerprint density at radius 1 is 1.41 bits per heavy atom. The van der Waals surface area contributed by atoms with E-state index in [1.54, 1.807) is 6.07 Å². The van der Waals surface area contributed by atoms with Crippen LogP contribution in [-0.4, -0.2) is 9.91 Å². The molecule has 0 saturated carbocycles. The highest BCUT2D eigenvalue weighted by atomic mass is 35.5. The lowest BCUT2D eigenvalue weighted by Crippen LogP contribution is -1.89. The zero-order chi connectivity index (χ0) is 12.4. The Bertz CT molecular complexity index is 563. The first-order chi connectivity index (χ1) is 8.11. The number of aromatic amines is 1. The van der Waals surface area contributed by atoms with E-state index in [-0.39, 0.29) is 5.69 Å². The van der Waals surface area contributed by atoms with Crippen molar-refractivity contribution in [3.05, 3.63) is 39.0 Å². The number of non-ortho nitro benzene ring substituents is 1. The molecule has 1 N–H and O–H groups in total. The Morgan fingerprint density at radius 3 is 2.82 bits per heavy atom. The van der Waals surface area contributed by atoms with Crippen molar-refractivity contribution in [1.29, 1.82) is 0 Å². The Balaban J connectivity index is 2.51. The average molecular weight is 253 g/mol. The van der Waals surface area contributed by atoms with Crippen LogP contribution in [0.4, 0.5) is 5.69 Å². The summed E-state index contributed by atoms with van der Waals surface area (Å²) in [5.41, 5.74) is 1.62. The molecular weight excluding hydrogens is 240 g/mol. The van der Waals surface area contributed by atoms with Gasteiger partial charge in [-0.15, -0.1) is 0 Å². The number of nitrogens with one attached hydrogen (secondary N) is 1. The second-order valence-electron chi connectivity index (χ2n) is 4.04. The molecule has 4 nitrogen and oxygen atoms in total. The molecule has 0 amide bonds. The zero-order valence-corrected chi connectivity index (χ0v) is 10.3. The van der Waals surface area contributed by atoms with Gasteiger partial charge in [0.05, 0.1) is 4.92 Å². The molecule has 17 heavy (non-hydrogen) atoms. The van der Waals surface area contributed by atoms with Crippen LogP contribution in [0.3, 0.4) is 0 Å². The first-order valence-electron chi connectivity index (χ1n) is 5.57. The highest BCUT2D eigenvalue weighted by molar-refractivity contribution is 6.31. The fourth-order valence-electron chi connectivity index (χ4n) is 1.89. The SMILES string of the molecule is CCCCc1cc2cc(Cl)cc([N+](=O)[O-])c2[nH]1. The molecule has 0 fully saturated rings. The van der Waals surface area contributed by atoms with Crippen molar-refractivity contribution < 1.29 is 4.92 Å². The van der Waals surface area contributed by atoms with Crippen molar-refractivity contribution in [2.24, 2.45) is 0 Å². The zero-order valence-electron chi connectivity index (χ0n) is 9.50. The van der Waals surface area contributed by atoms with Crippen LogP contribution >= 0.6 is 11.6 Å². The second kappa shape index (κ2) is 4.75. The van der Waals surface area contributed by atoms with E-state index >= 15 is 0 Å². The fourth-order valence-corrected chi connectivity index (χ4v) is 2.11. The number of aromatic nitrogens is 1. The largest absolute Gasteiger partial charge is 0.353 e. The summed E-state index contributed by atoms with van der Waals surface area (Å²) in [6.07, 6.45) is 3.06. The summed E-state index contributed by atoms with van der Waals surface area (Å²) in [7, 11) is 0. The summed E-state index contributed by atoms with van der Waals surface area (Å²) in [5.74, 6) is 0. The van der Waals surface area contributed by atoms with Crippen molar-refractivity contribution >= 4 is 28.2 Å². The number of hydrogen-bond donors (Lipinski definition) is 1. The predicted molar refractivity (Wildman–Crippen MR) is 68.6 cm³/mol. The Hall–Kier alpha value is -1.55. The normalized spacial score (nSPS) is 10.9. The van der Waals surface area contributed by atoms with Crippen LogP contribution in [-0.2, 0) is 6.42 Å². The standard InChI is InChI=1S/C12H13ClN2O2/c1-2-3-4-10-6-8-5-9(13)7-11(15(16)17)12(8)14-10/h5-7,14H,2-4H2,1H3. The molecule has 0 aliphatic heterocycles. The van der Waals surface area contributed by atoms with Crippen molar-refractivity contribution in [3.8, 4) is 0 Å². The number of hydrogen-bond acceptors (Lipinski definition) is 2. The first kappa shape index (κ1) is 11.9. The highest BCUT2D eigenvalue weighted by Crippen LogP contribution is 2.30. The lowest BCUT2D eigenvalue weighted by Gasteiger charge is -1.95. The second-order valence-corrected chi connectivity index (χ2v) is 4.48. The fraction of sp³-hybridized carbons (Fsp3) is 0.333. The Morgan fingerprint density at radius 2 is 2.18 bits per heavy atom. The maximum absolute atomic E-state index is 10.9. The summed E-state index contributed by atoms with van der Waals surface area (Å²) in [6.45, 7) is 2.11. The van der Waals surface area contributed by atoms with Crippen LogP contribution in [0.2, 0.25) is 5.02 Å². The molecule has 2 aromatic rings. The molecule has 0 radical (unpaired) electrons. The van der Waals surface area contributed by atoms with Crippen LogP contribution in [0.25, 0.3) is 10.9 Å². The maximum atomic E-state index is 10.9. The number of halogens is 1. The molecule has 2 rings (SSSR count). The van der Waals surface area contributed by atoms with Gasteiger partial charge >= 0.3 is 0 Å². The monoisotopic (exact) mass is 252 g/mol. The number of aryl methyl sites for hydroxylation is 1. The molecule has 0 aliphatic carbocycles. The summed E-state index contributed by atoms with van der Waals surface area (Å²) in [4.78, 5) is 13.6. The highest BCUT2D eigenvalue weighted by Gasteiger charge is 2.15. The minimum absolute atomic E-state index is 0.0373. The number of unbranched alkanes of at least 4 members (excludes halogenated alkanes) is 1. The number of rotatable bonds is 4. The van der Waals surface area contributed by atoms with Gasteiger partial charge in [-0.2, -0.15) is 0 Å². The van der Waals surface area contributed by atoms with Gasteiger partial charge in [-0.05, 0) is 25.0 Å². The van der Waals surface area contributed by atoms with Gasteiger partial charge in [0.25, 0.3) is 5.69 Å². The van der Waals surface area contributed by atoms with Crippen LogP contribution in [0.1, 0.15) is 25.5 Å². The molecule has 1 heterocycles. The molecule has 0 unspecified atom stereocenters. The summed E-state index contributed by atoms with van der Waals surface area (Å²) in [5, 5.41) is 12.1. The van der Waals surface area contributed by atoms with Crippen molar-refractivity contribution in [1.82, 2.24) is 4.98 Å². The molecule has 5 heteroatoms. The van der Waals surface area contributed by atoms with Crippen molar-refractivity contribution in [2.75, 3.05) is 0 Å².